The van der Waals surface area contributed by atoms with Crippen molar-refractivity contribution in [3.05, 3.63) is 17.0 Å². The molecule has 6 heteroatoms. The first-order valence-electron chi connectivity index (χ1n) is 6.21. The Labute approximate surface area is 112 Å². The molecule has 2 atom stereocenters. The van der Waals surface area contributed by atoms with Gasteiger partial charge in [0.05, 0.1) is 6.10 Å². The van der Waals surface area contributed by atoms with Gasteiger partial charge in [0.15, 0.2) is 0 Å². The highest BCUT2D eigenvalue weighted by Gasteiger charge is 2.23. The maximum Gasteiger partial charge on any atom is 0.250 e. The highest BCUT2D eigenvalue weighted by Crippen LogP contribution is 2.25. The Bertz CT molecular complexity index is 495. The van der Waals surface area contributed by atoms with E-state index < -0.39 is 10.0 Å². The lowest BCUT2D eigenvalue weighted by molar-refractivity contribution is 0.102. The van der Waals surface area contributed by atoms with Crippen molar-refractivity contribution < 1.29 is 13.5 Å². The van der Waals surface area contributed by atoms with Crippen molar-refractivity contribution in [2.45, 2.75) is 42.9 Å². The fourth-order valence-electron chi connectivity index (χ4n) is 2.30. The monoisotopic (exact) mass is 289 g/mol. The summed E-state index contributed by atoms with van der Waals surface area (Å²) in [5.74, 6) is 0.254. The van der Waals surface area contributed by atoms with Crippen LogP contribution in [0.1, 0.15) is 30.6 Å². The maximum atomic E-state index is 12.0. The molecule has 0 aromatic carbocycles. The van der Waals surface area contributed by atoms with Gasteiger partial charge in [-0.2, -0.15) is 0 Å². The van der Waals surface area contributed by atoms with Crippen molar-refractivity contribution in [3.63, 3.8) is 0 Å². The van der Waals surface area contributed by atoms with Crippen LogP contribution in [0.3, 0.4) is 0 Å². The number of hydrogen-bond acceptors (Lipinski definition) is 4. The molecule has 0 aliphatic heterocycles. The van der Waals surface area contributed by atoms with E-state index in [0.717, 1.165) is 24.1 Å². The molecule has 1 aliphatic carbocycles. The number of aryl methyl sites for hydroxylation is 1. The molecule has 1 aliphatic rings. The third kappa shape index (κ3) is 3.54. The lowest BCUT2D eigenvalue weighted by atomic mass is 9.87. The molecule has 0 bridgehead atoms. The molecule has 0 radical (unpaired) electrons. The summed E-state index contributed by atoms with van der Waals surface area (Å²) in [6, 6.07) is 3.45. The molecule has 4 nitrogen and oxygen atoms in total. The van der Waals surface area contributed by atoms with Gasteiger partial charge in [-0.25, -0.2) is 13.1 Å². The largest absolute Gasteiger partial charge is 0.393 e. The van der Waals surface area contributed by atoms with E-state index >= 15 is 0 Å². The zero-order chi connectivity index (χ0) is 13.2. The average Bonchev–Trinajstić information content (AvgIpc) is 2.74. The number of nitrogens with one attached hydrogen (secondary N) is 1. The summed E-state index contributed by atoms with van der Waals surface area (Å²) in [5.41, 5.74) is 0. The van der Waals surface area contributed by atoms with Crippen LogP contribution >= 0.6 is 11.3 Å². The smallest absolute Gasteiger partial charge is 0.250 e. The van der Waals surface area contributed by atoms with Crippen molar-refractivity contribution >= 4 is 21.4 Å². The standard InChI is InChI=1S/C12H19NO3S2/c1-9-5-6-12(17-9)18(15,16)13-8-10-3-2-4-11(14)7-10/h5-6,10-11,13-14H,2-4,7-8H2,1H3. The molecule has 1 fully saturated rings. The summed E-state index contributed by atoms with van der Waals surface area (Å²) in [6.45, 7) is 2.32. The summed E-state index contributed by atoms with van der Waals surface area (Å²) in [5, 5.41) is 9.55. The molecule has 0 saturated heterocycles. The van der Waals surface area contributed by atoms with Crippen LogP contribution in [-0.4, -0.2) is 26.2 Å². The molecule has 1 heterocycles. The van der Waals surface area contributed by atoms with Crippen LogP contribution in [0.5, 0.6) is 0 Å². The topological polar surface area (TPSA) is 66.4 Å². The molecule has 102 valence electrons. The molecule has 1 aromatic rings. The lowest BCUT2D eigenvalue weighted by Gasteiger charge is -2.25. The van der Waals surface area contributed by atoms with Crippen LogP contribution < -0.4 is 4.72 Å². The Morgan fingerprint density at radius 3 is 2.83 bits per heavy atom. The van der Waals surface area contributed by atoms with Gasteiger partial charge in [0.2, 0.25) is 10.0 Å². The predicted octanol–water partition coefficient (Wildman–Crippen LogP) is 1.89. The number of aliphatic hydroxyl groups is 1. The van der Waals surface area contributed by atoms with Crippen LogP contribution in [0.4, 0.5) is 0 Å². The highest BCUT2D eigenvalue weighted by molar-refractivity contribution is 7.91. The van der Waals surface area contributed by atoms with Gasteiger partial charge in [-0.1, -0.05) is 6.42 Å². The van der Waals surface area contributed by atoms with E-state index in [9.17, 15) is 13.5 Å². The van der Waals surface area contributed by atoms with Crippen LogP contribution in [-0.2, 0) is 10.0 Å². The molecule has 2 rings (SSSR count). The summed E-state index contributed by atoms with van der Waals surface area (Å²) in [7, 11) is -3.37. The first kappa shape index (κ1) is 14.0. The fourth-order valence-corrected chi connectivity index (χ4v) is 4.75. The molecule has 18 heavy (non-hydrogen) atoms. The van der Waals surface area contributed by atoms with Crippen LogP contribution in [0.15, 0.2) is 16.3 Å². The minimum absolute atomic E-state index is 0.254. The third-order valence-corrected chi connectivity index (χ3v) is 6.21. The Balaban J connectivity index is 1.93. The number of thiophene rings is 1. The molecule has 1 saturated carbocycles. The third-order valence-electron chi connectivity index (χ3n) is 3.30. The van der Waals surface area contributed by atoms with E-state index in [1.807, 2.05) is 13.0 Å². The minimum Gasteiger partial charge on any atom is -0.393 e. The Morgan fingerprint density at radius 1 is 1.44 bits per heavy atom. The van der Waals surface area contributed by atoms with Crippen molar-refractivity contribution in [3.8, 4) is 0 Å². The number of aliphatic hydroxyl groups excluding tert-OH is 1. The zero-order valence-electron chi connectivity index (χ0n) is 10.4. The van der Waals surface area contributed by atoms with Gasteiger partial charge < -0.3 is 5.11 Å². The Morgan fingerprint density at radius 2 is 2.22 bits per heavy atom. The maximum absolute atomic E-state index is 12.0. The molecular formula is C12H19NO3S2. The van der Waals surface area contributed by atoms with Gasteiger partial charge in [-0.3, -0.25) is 0 Å². The first-order chi connectivity index (χ1) is 8.47. The van der Waals surface area contributed by atoms with Gasteiger partial charge in [-0.05, 0) is 44.2 Å². The number of sulfonamides is 1. The quantitative estimate of drug-likeness (QED) is 0.889. The van der Waals surface area contributed by atoms with E-state index in [2.05, 4.69) is 4.72 Å². The number of rotatable bonds is 4. The lowest BCUT2D eigenvalue weighted by Crippen LogP contribution is -2.32. The van der Waals surface area contributed by atoms with E-state index in [1.54, 1.807) is 6.07 Å². The van der Waals surface area contributed by atoms with E-state index in [4.69, 9.17) is 0 Å². The van der Waals surface area contributed by atoms with Crippen LogP contribution in [0, 0.1) is 12.8 Å². The second-order valence-corrected chi connectivity index (χ2v) is 8.19. The Hall–Kier alpha value is -0.430. The summed E-state index contributed by atoms with van der Waals surface area (Å²) >= 11 is 1.28. The molecule has 2 N–H and O–H groups in total. The van der Waals surface area contributed by atoms with Crippen molar-refractivity contribution in [1.29, 1.82) is 0 Å². The first-order valence-corrected chi connectivity index (χ1v) is 8.51. The Kier molecular flexibility index (Phi) is 4.42. The van der Waals surface area contributed by atoms with Gasteiger partial charge in [0, 0.05) is 11.4 Å². The molecular weight excluding hydrogens is 270 g/mol. The second-order valence-electron chi connectivity index (χ2n) is 4.90. The van der Waals surface area contributed by atoms with Crippen molar-refractivity contribution in [2.24, 2.45) is 5.92 Å². The average molecular weight is 289 g/mol. The second kappa shape index (κ2) is 5.69. The van der Waals surface area contributed by atoms with Crippen molar-refractivity contribution in [1.82, 2.24) is 4.72 Å². The van der Waals surface area contributed by atoms with Crippen LogP contribution in [0.2, 0.25) is 0 Å². The highest BCUT2D eigenvalue weighted by atomic mass is 32.2. The normalized spacial score (nSPS) is 25.2. The predicted molar refractivity (Wildman–Crippen MR) is 72.2 cm³/mol. The van der Waals surface area contributed by atoms with E-state index in [-0.39, 0.29) is 12.0 Å². The molecule has 2 unspecified atom stereocenters. The summed E-state index contributed by atoms with van der Waals surface area (Å²) in [4.78, 5) is 0.989. The molecule has 1 aromatic heterocycles. The van der Waals surface area contributed by atoms with E-state index in [0.29, 0.717) is 17.2 Å². The van der Waals surface area contributed by atoms with Crippen LogP contribution in [0.25, 0.3) is 0 Å². The fraction of sp³-hybridized carbons (Fsp3) is 0.667. The minimum atomic E-state index is -3.37. The summed E-state index contributed by atoms with van der Waals surface area (Å²) < 4.78 is 27.0. The van der Waals surface area contributed by atoms with Gasteiger partial charge >= 0.3 is 0 Å². The van der Waals surface area contributed by atoms with Gasteiger partial charge in [-0.15, -0.1) is 11.3 Å². The van der Waals surface area contributed by atoms with Crippen molar-refractivity contribution in [2.75, 3.05) is 6.54 Å². The zero-order valence-corrected chi connectivity index (χ0v) is 12.1. The summed E-state index contributed by atoms with van der Waals surface area (Å²) in [6.07, 6.45) is 3.24. The van der Waals surface area contributed by atoms with E-state index in [1.165, 1.54) is 11.3 Å². The van der Waals surface area contributed by atoms with Gasteiger partial charge in [0.1, 0.15) is 4.21 Å². The SMILES string of the molecule is Cc1ccc(S(=O)(=O)NCC2CCCC(O)C2)s1. The van der Waals surface area contributed by atoms with Gasteiger partial charge in [0.25, 0.3) is 0 Å². The molecule has 0 spiro atoms. The number of hydrogen-bond donors (Lipinski definition) is 2. The molecule has 0 amide bonds.